The van der Waals surface area contributed by atoms with Gasteiger partial charge in [-0.25, -0.2) is 4.39 Å². The van der Waals surface area contributed by atoms with Crippen LogP contribution in [0.5, 0.6) is 11.8 Å². The number of imidazole rings is 1. The van der Waals surface area contributed by atoms with Crippen molar-refractivity contribution in [2.75, 3.05) is 6.61 Å². The summed E-state index contributed by atoms with van der Waals surface area (Å²) in [5, 5.41) is 12.3. The molecule has 2 aliphatic carbocycles. The first kappa shape index (κ1) is 22.3. The lowest BCUT2D eigenvalue weighted by molar-refractivity contribution is -0.120. The molecule has 8 nitrogen and oxygen atoms in total. The fraction of sp³-hybridized carbons (Fsp3) is 0.609. The number of nitriles is 1. The zero-order valence-electron chi connectivity index (χ0n) is 18.7. The van der Waals surface area contributed by atoms with Crippen molar-refractivity contribution in [3.63, 3.8) is 0 Å². The van der Waals surface area contributed by atoms with E-state index in [2.05, 4.69) is 16.4 Å². The number of ether oxygens (including phenoxy) is 3. The first-order valence-corrected chi connectivity index (χ1v) is 11.2. The van der Waals surface area contributed by atoms with Gasteiger partial charge in [-0.05, 0) is 45.4 Å². The van der Waals surface area contributed by atoms with Crippen LogP contribution >= 0.6 is 0 Å². The average Bonchev–Trinajstić information content (AvgIpc) is 3.52. The summed E-state index contributed by atoms with van der Waals surface area (Å²) in [7, 11) is 1.69. The van der Waals surface area contributed by atoms with Crippen LogP contribution in [0.4, 0.5) is 4.39 Å². The van der Waals surface area contributed by atoms with Crippen LogP contribution in [0, 0.1) is 17.1 Å². The molecule has 9 heteroatoms. The molecule has 0 spiro atoms. The molecule has 0 saturated heterocycles. The van der Waals surface area contributed by atoms with Gasteiger partial charge in [0.2, 0.25) is 5.91 Å². The molecule has 2 saturated carbocycles. The van der Waals surface area contributed by atoms with E-state index in [1.54, 1.807) is 11.6 Å². The topological polar surface area (TPSA) is 98.4 Å². The highest BCUT2D eigenvalue weighted by Crippen LogP contribution is 2.36. The minimum absolute atomic E-state index is 0.0241. The maximum absolute atomic E-state index is 15.1. The van der Waals surface area contributed by atoms with Gasteiger partial charge in [-0.3, -0.25) is 9.36 Å². The molecular weight excluding hydrogens is 415 g/mol. The van der Waals surface area contributed by atoms with E-state index in [1.807, 2.05) is 6.92 Å². The van der Waals surface area contributed by atoms with Crippen molar-refractivity contribution in [3.05, 3.63) is 17.4 Å². The van der Waals surface area contributed by atoms with Gasteiger partial charge in [0, 0.05) is 26.1 Å². The highest BCUT2D eigenvalue weighted by atomic mass is 19.1. The Bertz CT molecular complexity index is 1040. The number of carbonyl (C=O) groups excluding carboxylic acids is 1. The maximum Gasteiger partial charge on any atom is 0.297 e. The molecule has 1 aromatic carbocycles. The summed E-state index contributed by atoms with van der Waals surface area (Å²) in [4.78, 5) is 15.5. The Hall–Kier alpha value is -2.86. The Balaban J connectivity index is 1.41. The van der Waals surface area contributed by atoms with Crippen molar-refractivity contribution >= 4 is 16.9 Å². The lowest BCUT2D eigenvalue weighted by Gasteiger charge is -2.29. The number of hydrogen-bond donors (Lipinski definition) is 1. The molecule has 0 radical (unpaired) electrons. The van der Waals surface area contributed by atoms with Crippen molar-refractivity contribution in [3.8, 4) is 17.8 Å². The SMILES string of the molecule is CC(=O)N[C@@H](C)COC1CCC(Oc2nc3c(C#N)cc(OC4CC4)c(F)c3n2C)CC1. The summed E-state index contributed by atoms with van der Waals surface area (Å²) < 4.78 is 34.3. The Morgan fingerprint density at radius 3 is 2.50 bits per heavy atom. The van der Waals surface area contributed by atoms with E-state index in [0.29, 0.717) is 12.6 Å². The summed E-state index contributed by atoms with van der Waals surface area (Å²) in [5.74, 6) is -0.485. The van der Waals surface area contributed by atoms with Crippen LogP contribution in [0.25, 0.3) is 11.0 Å². The third-order valence-corrected chi connectivity index (χ3v) is 5.87. The normalized spacial score (nSPS) is 21.7. The van der Waals surface area contributed by atoms with Crippen molar-refractivity contribution in [2.45, 2.75) is 76.7 Å². The number of carbonyl (C=O) groups is 1. The summed E-state index contributed by atoms with van der Waals surface area (Å²) in [5.41, 5.74) is 0.779. The number of benzene rings is 1. The van der Waals surface area contributed by atoms with Crippen LogP contribution in [-0.2, 0) is 16.6 Å². The zero-order chi connectivity index (χ0) is 22.8. The highest BCUT2D eigenvalue weighted by molar-refractivity contribution is 5.85. The van der Waals surface area contributed by atoms with E-state index in [-0.39, 0.29) is 52.6 Å². The predicted molar refractivity (Wildman–Crippen MR) is 115 cm³/mol. The van der Waals surface area contributed by atoms with Gasteiger partial charge < -0.3 is 19.5 Å². The Morgan fingerprint density at radius 2 is 1.88 bits per heavy atom. The van der Waals surface area contributed by atoms with Crippen LogP contribution < -0.4 is 14.8 Å². The number of aromatic nitrogens is 2. The van der Waals surface area contributed by atoms with Crippen LogP contribution in [0.1, 0.15) is 57.9 Å². The molecule has 2 fully saturated rings. The first-order chi connectivity index (χ1) is 15.4. The van der Waals surface area contributed by atoms with Gasteiger partial charge in [-0.15, -0.1) is 0 Å². The van der Waals surface area contributed by atoms with Crippen molar-refractivity contribution in [2.24, 2.45) is 7.05 Å². The highest BCUT2D eigenvalue weighted by Gasteiger charge is 2.29. The summed E-state index contributed by atoms with van der Waals surface area (Å²) in [6, 6.07) is 3.79. The zero-order valence-corrected chi connectivity index (χ0v) is 18.7. The molecule has 1 heterocycles. The van der Waals surface area contributed by atoms with E-state index in [9.17, 15) is 10.1 Å². The predicted octanol–water partition coefficient (Wildman–Crippen LogP) is 3.36. The van der Waals surface area contributed by atoms with Gasteiger partial charge in [0.25, 0.3) is 6.01 Å². The van der Waals surface area contributed by atoms with Gasteiger partial charge in [-0.2, -0.15) is 10.2 Å². The molecule has 1 amide bonds. The Kier molecular flexibility index (Phi) is 6.51. The van der Waals surface area contributed by atoms with Crippen LogP contribution in [0.15, 0.2) is 6.07 Å². The summed E-state index contributed by atoms with van der Waals surface area (Å²) in [6.07, 6.45) is 5.12. The van der Waals surface area contributed by atoms with Crippen LogP contribution in [0.3, 0.4) is 0 Å². The second-order valence-electron chi connectivity index (χ2n) is 8.77. The monoisotopic (exact) mass is 444 g/mol. The van der Waals surface area contributed by atoms with Gasteiger partial charge in [0.15, 0.2) is 11.6 Å². The molecule has 1 N–H and O–H groups in total. The van der Waals surface area contributed by atoms with Crippen molar-refractivity contribution in [1.29, 1.82) is 5.26 Å². The minimum atomic E-state index is -0.513. The number of amides is 1. The van der Waals surface area contributed by atoms with Crippen molar-refractivity contribution < 1.29 is 23.4 Å². The average molecular weight is 445 g/mol. The maximum atomic E-state index is 15.1. The molecule has 4 rings (SSSR count). The number of halogens is 1. The van der Waals surface area contributed by atoms with Gasteiger partial charge in [0.1, 0.15) is 23.2 Å². The number of nitrogens with zero attached hydrogens (tertiary/aromatic N) is 3. The largest absolute Gasteiger partial charge is 0.487 e. The Morgan fingerprint density at radius 1 is 1.25 bits per heavy atom. The molecule has 2 aliphatic rings. The van der Waals surface area contributed by atoms with E-state index in [0.717, 1.165) is 38.5 Å². The van der Waals surface area contributed by atoms with Gasteiger partial charge >= 0.3 is 0 Å². The third-order valence-electron chi connectivity index (χ3n) is 5.87. The van der Waals surface area contributed by atoms with E-state index in [4.69, 9.17) is 14.2 Å². The standard InChI is InChI=1S/C23H29FN4O4/c1-13(26-14(2)29)12-30-16-4-6-18(7-5-16)32-23-27-21-15(11-25)10-19(31-17-8-9-17)20(24)22(21)28(23)3/h10,13,16-18H,4-9,12H2,1-3H3,(H,26,29)/t13-,16?,18?/m0/s1. The number of fused-ring (bicyclic) bond motifs is 1. The second kappa shape index (κ2) is 9.33. The smallest absolute Gasteiger partial charge is 0.297 e. The molecule has 172 valence electrons. The number of rotatable bonds is 8. The molecule has 0 bridgehead atoms. The van der Waals surface area contributed by atoms with Gasteiger partial charge in [0.05, 0.1) is 24.4 Å². The Labute approximate surface area is 186 Å². The molecular formula is C23H29FN4O4. The molecule has 32 heavy (non-hydrogen) atoms. The minimum Gasteiger partial charge on any atom is -0.487 e. The number of aryl methyl sites for hydroxylation is 1. The molecule has 1 aromatic heterocycles. The first-order valence-electron chi connectivity index (χ1n) is 11.2. The summed E-state index contributed by atoms with van der Waals surface area (Å²) in [6.45, 7) is 3.88. The fourth-order valence-electron chi connectivity index (χ4n) is 4.07. The van der Waals surface area contributed by atoms with E-state index >= 15 is 4.39 Å². The third kappa shape index (κ3) is 4.96. The molecule has 0 unspecified atom stereocenters. The van der Waals surface area contributed by atoms with Gasteiger partial charge in [-0.1, -0.05) is 0 Å². The van der Waals surface area contributed by atoms with E-state index < -0.39 is 5.82 Å². The van der Waals surface area contributed by atoms with E-state index in [1.165, 1.54) is 13.0 Å². The molecule has 2 aromatic rings. The molecule has 1 atom stereocenters. The molecule has 0 aliphatic heterocycles. The fourth-order valence-corrected chi connectivity index (χ4v) is 4.07. The lowest BCUT2D eigenvalue weighted by Crippen LogP contribution is -2.37. The lowest BCUT2D eigenvalue weighted by atomic mass is 9.95. The van der Waals surface area contributed by atoms with Crippen LogP contribution in [0.2, 0.25) is 0 Å². The van der Waals surface area contributed by atoms with Crippen molar-refractivity contribution in [1.82, 2.24) is 14.9 Å². The number of nitrogens with one attached hydrogen (secondary N) is 1. The quantitative estimate of drug-likeness (QED) is 0.670. The number of hydrogen-bond acceptors (Lipinski definition) is 6. The van der Waals surface area contributed by atoms with Crippen LogP contribution in [-0.4, -0.2) is 46.4 Å². The summed E-state index contributed by atoms with van der Waals surface area (Å²) >= 11 is 0. The second-order valence-corrected chi connectivity index (χ2v) is 8.77.